The Balaban J connectivity index is 1.45. The Hall–Kier alpha value is -2.46. The van der Waals surface area contributed by atoms with Gasteiger partial charge in [0.25, 0.3) is 0 Å². The zero-order valence-corrected chi connectivity index (χ0v) is 19.2. The van der Waals surface area contributed by atoms with Crippen molar-refractivity contribution in [3.63, 3.8) is 0 Å². The summed E-state index contributed by atoms with van der Waals surface area (Å²) in [6.45, 7) is 4.59. The van der Waals surface area contributed by atoms with Crippen molar-refractivity contribution in [1.29, 1.82) is 0 Å². The molecule has 10 heteroatoms. The number of hydrogen-bond acceptors (Lipinski definition) is 5. The maximum atomic E-state index is 13.1. The first-order chi connectivity index (χ1) is 14.8. The third kappa shape index (κ3) is 4.18. The van der Waals surface area contributed by atoms with Gasteiger partial charge in [0, 0.05) is 46.2 Å². The van der Waals surface area contributed by atoms with Gasteiger partial charge in [0.1, 0.15) is 11.6 Å². The second-order valence-corrected chi connectivity index (χ2v) is 10.3. The van der Waals surface area contributed by atoms with E-state index in [9.17, 15) is 13.2 Å². The molecule has 1 fully saturated rings. The van der Waals surface area contributed by atoms with Crippen LogP contribution in [0.15, 0.2) is 29.2 Å². The van der Waals surface area contributed by atoms with Crippen LogP contribution in [-0.2, 0) is 29.5 Å². The minimum absolute atomic E-state index is 0.0366. The Morgan fingerprint density at radius 2 is 1.74 bits per heavy atom. The average molecular weight is 447 g/mol. The lowest BCUT2D eigenvalue weighted by Gasteiger charge is -2.34. The van der Waals surface area contributed by atoms with Gasteiger partial charge in [-0.3, -0.25) is 0 Å². The van der Waals surface area contributed by atoms with Gasteiger partial charge < -0.3 is 14.4 Å². The van der Waals surface area contributed by atoms with E-state index in [0.29, 0.717) is 36.9 Å². The van der Waals surface area contributed by atoms with Gasteiger partial charge in [0.05, 0.1) is 11.4 Å². The maximum Gasteiger partial charge on any atom is 0.319 e. The van der Waals surface area contributed by atoms with Crippen molar-refractivity contribution in [2.45, 2.75) is 50.1 Å². The molecule has 0 bridgehead atoms. The van der Waals surface area contributed by atoms with Crippen LogP contribution in [0.4, 0.5) is 4.79 Å². The molecule has 0 saturated carbocycles. The molecule has 0 radical (unpaired) electrons. The molecule has 9 nitrogen and oxygen atoms in total. The number of aryl methyl sites for hydroxylation is 1. The van der Waals surface area contributed by atoms with Crippen LogP contribution in [0.1, 0.15) is 42.9 Å². The summed E-state index contributed by atoms with van der Waals surface area (Å²) in [7, 11) is -0.0366. The van der Waals surface area contributed by atoms with E-state index in [0.717, 1.165) is 30.7 Å². The Morgan fingerprint density at radius 1 is 1.06 bits per heavy atom. The molecular formula is C21H30N6O3S. The SMILES string of the molecule is CCc1ccc(S(=O)(=O)N2CCn3c(nnc3C3CCN(C(=O)N(C)C)CC3)C2)cc1. The van der Waals surface area contributed by atoms with E-state index in [4.69, 9.17) is 0 Å². The lowest BCUT2D eigenvalue weighted by molar-refractivity contribution is 0.155. The summed E-state index contributed by atoms with van der Waals surface area (Å²) in [5.41, 5.74) is 1.11. The number of sulfonamides is 1. The van der Waals surface area contributed by atoms with Gasteiger partial charge in [-0.2, -0.15) is 4.31 Å². The maximum absolute atomic E-state index is 13.1. The largest absolute Gasteiger partial charge is 0.331 e. The summed E-state index contributed by atoms with van der Waals surface area (Å²) in [5, 5.41) is 8.73. The van der Waals surface area contributed by atoms with E-state index in [-0.39, 0.29) is 18.5 Å². The molecule has 0 aliphatic carbocycles. The van der Waals surface area contributed by atoms with E-state index in [1.54, 1.807) is 31.1 Å². The fourth-order valence-electron chi connectivity index (χ4n) is 4.32. The smallest absolute Gasteiger partial charge is 0.319 e. The molecule has 1 aromatic carbocycles. The normalized spacial score (nSPS) is 18.1. The first-order valence-electron chi connectivity index (χ1n) is 10.8. The van der Waals surface area contributed by atoms with Crippen LogP contribution in [0, 0.1) is 0 Å². The Kier molecular flexibility index (Phi) is 6.02. The van der Waals surface area contributed by atoms with Gasteiger partial charge in [-0.05, 0) is 37.0 Å². The van der Waals surface area contributed by atoms with E-state index in [1.165, 1.54) is 4.31 Å². The van der Waals surface area contributed by atoms with Crippen LogP contribution in [0.25, 0.3) is 0 Å². The molecule has 2 aliphatic heterocycles. The van der Waals surface area contributed by atoms with E-state index < -0.39 is 10.0 Å². The summed E-state index contributed by atoms with van der Waals surface area (Å²) in [4.78, 5) is 15.9. The molecule has 2 aliphatic rings. The zero-order chi connectivity index (χ0) is 22.2. The van der Waals surface area contributed by atoms with Crippen LogP contribution >= 0.6 is 0 Å². The highest BCUT2D eigenvalue weighted by Crippen LogP contribution is 2.30. The summed E-state index contributed by atoms with van der Waals surface area (Å²) in [6.07, 6.45) is 2.55. The number of benzene rings is 1. The number of piperidine rings is 1. The third-order valence-electron chi connectivity index (χ3n) is 6.23. The number of amides is 2. The molecule has 31 heavy (non-hydrogen) atoms. The second kappa shape index (κ2) is 8.58. The minimum atomic E-state index is -3.57. The van der Waals surface area contributed by atoms with Gasteiger partial charge in [0.2, 0.25) is 10.0 Å². The van der Waals surface area contributed by atoms with Crippen molar-refractivity contribution in [2.75, 3.05) is 33.7 Å². The monoisotopic (exact) mass is 446 g/mol. The second-order valence-electron chi connectivity index (χ2n) is 8.40. The molecule has 2 aromatic rings. The fraction of sp³-hybridized carbons (Fsp3) is 0.571. The molecule has 168 valence electrons. The van der Waals surface area contributed by atoms with Gasteiger partial charge in [-0.25, -0.2) is 13.2 Å². The quantitative estimate of drug-likeness (QED) is 0.715. The van der Waals surface area contributed by atoms with Crippen molar-refractivity contribution in [3.05, 3.63) is 41.5 Å². The topological polar surface area (TPSA) is 91.6 Å². The van der Waals surface area contributed by atoms with Gasteiger partial charge in [-0.1, -0.05) is 19.1 Å². The first kappa shape index (κ1) is 21.8. The molecule has 0 unspecified atom stereocenters. The highest BCUT2D eigenvalue weighted by Gasteiger charge is 2.33. The number of hydrogen-bond donors (Lipinski definition) is 0. The van der Waals surface area contributed by atoms with Crippen LogP contribution < -0.4 is 0 Å². The standard InChI is InChI=1S/C21H30N6O3S/c1-4-16-5-7-18(8-6-16)31(29,30)26-13-14-27-19(15-26)22-23-20(27)17-9-11-25(12-10-17)21(28)24(2)3/h5-8,17H,4,9-15H2,1-3H3. The molecule has 3 heterocycles. The highest BCUT2D eigenvalue weighted by molar-refractivity contribution is 7.89. The lowest BCUT2D eigenvalue weighted by Crippen LogP contribution is -2.44. The molecule has 0 atom stereocenters. The Labute approximate surface area is 183 Å². The number of carbonyl (C=O) groups excluding carboxylic acids is 1. The van der Waals surface area contributed by atoms with Gasteiger partial charge in [0.15, 0.2) is 0 Å². The molecular weight excluding hydrogens is 416 g/mol. The number of carbonyl (C=O) groups is 1. The first-order valence-corrected chi connectivity index (χ1v) is 12.2. The van der Waals surface area contributed by atoms with Crippen LogP contribution in [0.2, 0.25) is 0 Å². The molecule has 0 N–H and O–H groups in total. The molecule has 2 amide bonds. The van der Waals surface area contributed by atoms with Gasteiger partial charge in [-0.15, -0.1) is 10.2 Å². The van der Waals surface area contributed by atoms with Crippen molar-refractivity contribution in [1.82, 2.24) is 28.9 Å². The number of urea groups is 1. The highest BCUT2D eigenvalue weighted by atomic mass is 32.2. The number of aromatic nitrogens is 3. The van der Waals surface area contributed by atoms with E-state index >= 15 is 0 Å². The summed E-state index contributed by atoms with van der Waals surface area (Å²) >= 11 is 0. The van der Waals surface area contributed by atoms with Crippen molar-refractivity contribution >= 4 is 16.1 Å². The number of nitrogens with zero attached hydrogens (tertiary/aromatic N) is 6. The Morgan fingerprint density at radius 3 is 2.35 bits per heavy atom. The average Bonchev–Trinajstić information content (AvgIpc) is 3.22. The Bertz CT molecular complexity index is 1040. The molecule has 1 aromatic heterocycles. The summed E-state index contributed by atoms with van der Waals surface area (Å²) in [6, 6.07) is 7.13. The predicted molar refractivity (Wildman–Crippen MR) is 116 cm³/mol. The molecule has 4 rings (SSSR count). The summed E-state index contributed by atoms with van der Waals surface area (Å²) < 4.78 is 29.7. The number of rotatable bonds is 4. The van der Waals surface area contributed by atoms with Crippen LogP contribution in [-0.4, -0.2) is 77.0 Å². The minimum Gasteiger partial charge on any atom is -0.331 e. The van der Waals surface area contributed by atoms with Crippen molar-refractivity contribution in [3.8, 4) is 0 Å². The zero-order valence-electron chi connectivity index (χ0n) is 18.4. The van der Waals surface area contributed by atoms with Crippen molar-refractivity contribution in [2.24, 2.45) is 0 Å². The predicted octanol–water partition coefficient (Wildman–Crippen LogP) is 1.91. The number of fused-ring (bicyclic) bond motifs is 1. The third-order valence-corrected chi connectivity index (χ3v) is 8.09. The lowest BCUT2D eigenvalue weighted by atomic mass is 9.96. The van der Waals surface area contributed by atoms with Crippen molar-refractivity contribution < 1.29 is 13.2 Å². The summed E-state index contributed by atoms with van der Waals surface area (Å²) in [5.74, 6) is 1.83. The molecule has 1 saturated heterocycles. The molecule has 0 spiro atoms. The van der Waals surface area contributed by atoms with Crippen LogP contribution in [0.3, 0.4) is 0 Å². The van der Waals surface area contributed by atoms with E-state index in [1.807, 2.05) is 24.0 Å². The number of likely N-dealkylation sites (tertiary alicyclic amines) is 1. The van der Waals surface area contributed by atoms with E-state index in [2.05, 4.69) is 14.8 Å². The van der Waals surface area contributed by atoms with Crippen LogP contribution in [0.5, 0.6) is 0 Å². The fourth-order valence-corrected chi connectivity index (χ4v) is 5.71. The van der Waals surface area contributed by atoms with Gasteiger partial charge >= 0.3 is 6.03 Å².